The smallest absolute Gasteiger partial charge is 0.159 e. The lowest BCUT2D eigenvalue weighted by Gasteiger charge is -2.11. The van der Waals surface area contributed by atoms with Crippen molar-refractivity contribution in [1.82, 2.24) is 0 Å². The van der Waals surface area contributed by atoms with E-state index in [1.54, 1.807) is 13.0 Å². The maximum atomic E-state index is 13.3. The van der Waals surface area contributed by atoms with Gasteiger partial charge in [-0.05, 0) is 54.3 Å². The molecule has 1 atom stereocenters. The number of hydrogen-bond acceptors (Lipinski definition) is 0. The summed E-state index contributed by atoms with van der Waals surface area (Å²) >= 11 is 6.19. The summed E-state index contributed by atoms with van der Waals surface area (Å²) in [6.45, 7) is 1.77. The van der Waals surface area contributed by atoms with Crippen LogP contribution in [-0.4, -0.2) is 0 Å². The fourth-order valence-corrected chi connectivity index (χ4v) is 2.24. The van der Waals surface area contributed by atoms with Gasteiger partial charge in [-0.1, -0.05) is 12.1 Å². The minimum atomic E-state index is -0.906. The molecule has 0 spiro atoms. The second kappa shape index (κ2) is 5.66. The van der Waals surface area contributed by atoms with Gasteiger partial charge in [0, 0.05) is 0 Å². The standard InChI is InChI=1S/C15H12ClF3/c1-9-4-11(8-12(17)5-9)13(16)6-10-2-3-14(18)15(19)7-10/h2-5,7-8,13H,6H2,1H3. The summed E-state index contributed by atoms with van der Waals surface area (Å²) in [6, 6.07) is 8.18. The summed E-state index contributed by atoms with van der Waals surface area (Å²) in [5.74, 6) is -2.15. The zero-order valence-corrected chi connectivity index (χ0v) is 11.0. The second-order valence-corrected chi connectivity index (χ2v) is 5.01. The SMILES string of the molecule is Cc1cc(F)cc(C(Cl)Cc2ccc(F)c(F)c2)c1. The first-order valence-corrected chi connectivity index (χ1v) is 6.24. The van der Waals surface area contributed by atoms with E-state index in [9.17, 15) is 13.2 Å². The Morgan fingerprint density at radius 2 is 1.74 bits per heavy atom. The molecule has 0 aliphatic heterocycles. The molecule has 0 bridgehead atoms. The summed E-state index contributed by atoms with van der Waals surface area (Å²) in [5.41, 5.74) is 1.97. The summed E-state index contributed by atoms with van der Waals surface area (Å²) in [4.78, 5) is 0. The molecule has 1 unspecified atom stereocenters. The van der Waals surface area contributed by atoms with Crippen LogP contribution >= 0.6 is 11.6 Å². The van der Waals surface area contributed by atoms with Crippen molar-refractivity contribution < 1.29 is 13.2 Å². The highest BCUT2D eigenvalue weighted by atomic mass is 35.5. The molecule has 2 aromatic rings. The number of halogens is 4. The molecule has 19 heavy (non-hydrogen) atoms. The van der Waals surface area contributed by atoms with Gasteiger partial charge in [0.1, 0.15) is 5.82 Å². The van der Waals surface area contributed by atoms with Crippen molar-refractivity contribution in [2.24, 2.45) is 0 Å². The van der Waals surface area contributed by atoms with Crippen molar-refractivity contribution >= 4 is 11.6 Å². The van der Waals surface area contributed by atoms with Crippen LogP contribution in [0.2, 0.25) is 0 Å². The third kappa shape index (κ3) is 3.51. The van der Waals surface area contributed by atoms with Crippen LogP contribution in [0.5, 0.6) is 0 Å². The van der Waals surface area contributed by atoms with Gasteiger partial charge in [0.2, 0.25) is 0 Å². The van der Waals surface area contributed by atoms with Crippen molar-refractivity contribution in [1.29, 1.82) is 0 Å². The largest absolute Gasteiger partial charge is 0.207 e. The predicted octanol–water partition coefficient (Wildman–Crippen LogP) is 4.93. The average molecular weight is 285 g/mol. The quantitative estimate of drug-likeness (QED) is 0.701. The van der Waals surface area contributed by atoms with Gasteiger partial charge in [0.15, 0.2) is 11.6 Å². The minimum absolute atomic E-state index is 0.307. The van der Waals surface area contributed by atoms with Gasteiger partial charge in [0.25, 0.3) is 0 Å². The molecule has 0 nitrogen and oxygen atoms in total. The van der Waals surface area contributed by atoms with E-state index in [1.165, 1.54) is 18.2 Å². The molecule has 0 aliphatic rings. The molecule has 4 heteroatoms. The zero-order chi connectivity index (χ0) is 14.0. The molecule has 2 rings (SSSR count). The molecule has 0 aliphatic carbocycles. The van der Waals surface area contributed by atoms with Crippen LogP contribution in [0.3, 0.4) is 0 Å². The number of hydrogen-bond donors (Lipinski definition) is 0. The van der Waals surface area contributed by atoms with E-state index in [0.29, 0.717) is 17.5 Å². The summed E-state index contributed by atoms with van der Waals surface area (Å²) < 4.78 is 39.2. The number of rotatable bonds is 3. The van der Waals surface area contributed by atoms with Crippen molar-refractivity contribution in [2.75, 3.05) is 0 Å². The molecule has 0 aromatic heterocycles. The lowest BCUT2D eigenvalue weighted by molar-refractivity contribution is 0.507. The first-order chi connectivity index (χ1) is 8.95. The highest BCUT2D eigenvalue weighted by molar-refractivity contribution is 6.20. The van der Waals surface area contributed by atoms with Gasteiger partial charge in [0.05, 0.1) is 5.38 Å². The Labute approximate surface area is 114 Å². The molecule has 0 amide bonds. The number of alkyl halides is 1. The highest BCUT2D eigenvalue weighted by Crippen LogP contribution is 2.27. The molecule has 0 N–H and O–H groups in total. The van der Waals surface area contributed by atoms with Crippen LogP contribution < -0.4 is 0 Å². The van der Waals surface area contributed by atoms with E-state index >= 15 is 0 Å². The first-order valence-electron chi connectivity index (χ1n) is 5.81. The van der Waals surface area contributed by atoms with E-state index in [2.05, 4.69) is 0 Å². The Kier molecular flexibility index (Phi) is 4.15. The predicted molar refractivity (Wildman–Crippen MR) is 69.8 cm³/mol. The topological polar surface area (TPSA) is 0 Å². The highest BCUT2D eigenvalue weighted by Gasteiger charge is 2.12. The molecule has 2 aromatic carbocycles. The lowest BCUT2D eigenvalue weighted by atomic mass is 10.0. The number of aryl methyl sites for hydroxylation is 1. The van der Waals surface area contributed by atoms with Gasteiger partial charge >= 0.3 is 0 Å². The summed E-state index contributed by atoms with van der Waals surface area (Å²) in [7, 11) is 0. The monoisotopic (exact) mass is 284 g/mol. The fourth-order valence-electron chi connectivity index (χ4n) is 1.94. The van der Waals surface area contributed by atoms with Crippen LogP contribution in [0, 0.1) is 24.4 Å². The summed E-state index contributed by atoms with van der Waals surface area (Å²) in [6.07, 6.45) is 0.307. The Bertz CT molecular complexity index is 576. The molecular weight excluding hydrogens is 273 g/mol. The van der Waals surface area contributed by atoms with Crippen molar-refractivity contribution in [2.45, 2.75) is 18.7 Å². The normalized spacial score (nSPS) is 12.5. The average Bonchev–Trinajstić information content (AvgIpc) is 2.32. The molecule has 0 radical (unpaired) electrons. The number of benzene rings is 2. The molecule has 0 saturated heterocycles. The third-order valence-corrected chi connectivity index (χ3v) is 3.23. The van der Waals surface area contributed by atoms with Crippen LogP contribution in [0.15, 0.2) is 36.4 Å². The maximum Gasteiger partial charge on any atom is 0.159 e. The van der Waals surface area contributed by atoms with Crippen LogP contribution in [0.4, 0.5) is 13.2 Å². The molecule has 0 saturated carbocycles. The van der Waals surface area contributed by atoms with Crippen LogP contribution in [0.25, 0.3) is 0 Å². The third-order valence-electron chi connectivity index (χ3n) is 2.83. The Hall–Kier alpha value is -1.48. The van der Waals surface area contributed by atoms with E-state index in [-0.39, 0.29) is 5.82 Å². The van der Waals surface area contributed by atoms with Crippen molar-refractivity contribution in [3.8, 4) is 0 Å². The molecular formula is C15H12ClF3. The van der Waals surface area contributed by atoms with E-state index < -0.39 is 17.0 Å². The maximum absolute atomic E-state index is 13.3. The van der Waals surface area contributed by atoms with Gasteiger partial charge in [-0.2, -0.15) is 0 Å². The van der Waals surface area contributed by atoms with Gasteiger partial charge in [-0.3, -0.25) is 0 Å². The van der Waals surface area contributed by atoms with E-state index in [1.807, 2.05) is 0 Å². The molecule has 0 fully saturated rings. The Balaban J connectivity index is 2.20. The molecule has 0 heterocycles. The Morgan fingerprint density at radius 1 is 1.00 bits per heavy atom. The van der Waals surface area contributed by atoms with E-state index in [4.69, 9.17) is 11.6 Å². The van der Waals surface area contributed by atoms with Crippen molar-refractivity contribution in [3.63, 3.8) is 0 Å². The second-order valence-electron chi connectivity index (χ2n) is 4.48. The first kappa shape index (κ1) is 13.9. The van der Waals surface area contributed by atoms with Gasteiger partial charge in [-0.25, -0.2) is 13.2 Å². The molecule has 100 valence electrons. The summed E-state index contributed by atoms with van der Waals surface area (Å²) in [5, 5.41) is -0.487. The minimum Gasteiger partial charge on any atom is -0.207 e. The van der Waals surface area contributed by atoms with Crippen LogP contribution in [0.1, 0.15) is 22.1 Å². The van der Waals surface area contributed by atoms with Crippen LogP contribution in [-0.2, 0) is 6.42 Å². The zero-order valence-electron chi connectivity index (χ0n) is 10.3. The van der Waals surface area contributed by atoms with Gasteiger partial charge in [-0.15, -0.1) is 11.6 Å². The van der Waals surface area contributed by atoms with Gasteiger partial charge < -0.3 is 0 Å². The lowest BCUT2D eigenvalue weighted by Crippen LogP contribution is -1.99. The van der Waals surface area contributed by atoms with E-state index in [0.717, 1.165) is 17.7 Å². The van der Waals surface area contributed by atoms with Crippen molar-refractivity contribution in [3.05, 3.63) is 70.5 Å². The Morgan fingerprint density at radius 3 is 2.37 bits per heavy atom. The fraction of sp³-hybridized carbons (Fsp3) is 0.200.